The van der Waals surface area contributed by atoms with Crippen molar-refractivity contribution in [2.24, 2.45) is 5.92 Å². The number of ketones is 2. The average Bonchev–Trinajstić information content (AvgIpc) is 3.24. The minimum atomic E-state index is -1.58. The van der Waals surface area contributed by atoms with E-state index in [1.807, 2.05) is 38.1 Å². The third-order valence-electron chi connectivity index (χ3n) is 6.82. The minimum absolute atomic E-state index is 0.0619. The van der Waals surface area contributed by atoms with Gasteiger partial charge in [-0.15, -0.1) is 0 Å². The third-order valence-corrected chi connectivity index (χ3v) is 6.82. The number of carbonyl (C=O) groups excluding carboxylic acids is 2. The molecular weight excluding hydrogens is 404 g/mol. The van der Waals surface area contributed by atoms with Crippen LogP contribution in [0.5, 0.6) is 0 Å². The number of rotatable bonds is 8. The summed E-state index contributed by atoms with van der Waals surface area (Å²) in [4.78, 5) is 39.1. The molecule has 0 radical (unpaired) electrons. The Labute approximate surface area is 188 Å². The van der Waals surface area contributed by atoms with Crippen molar-refractivity contribution in [1.82, 2.24) is 5.32 Å². The maximum absolute atomic E-state index is 13.2. The van der Waals surface area contributed by atoms with Gasteiger partial charge in [0.1, 0.15) is 5.54 Å². The molecule has 0 amide bonds. The van der Waals surface area contributed by atoms with Crippen LogP contribution in [0.3, 0.4) is 0 Å². The molecule has 0 spiro atoms. The molecule has 3 N–H and O–H groups in total. The van der Waals surface area contributed by atoms with Crippen molar-refractivity contribution in [3.05, 3.63) is 65.7 Å². The summed E-state index contributed by atoms with van der Waals surface area (Å²) in [6, 6.07) is 16.1. The van der Waals surface area contributed by atoms with Crippen molar-refractivity contribution in [2.75, 3.05) is 5.32 Å². The second-order valence-electron chi connectivity index (χ2n) is 9.28. The number of benzene rings is 2. The van der Waals surface area contributed by atoms with E-state index in [1.165, 1.54) is 0 Å². The van der Waals surface area contributed by atoms with Gasteiger partial charge in [0.2, 0.25) is 11.6 Å². The molecule has 4 atom stereocenters. The van der Waals surface area contributed by atoms with E-state index in [1.54, 1.807) is 30.3 Å². The number of hydrogen-bond acceptors (Lipinski definition) is 5. The van der Waals surface area contributed by atoms with Gasteiger partial charge in [0.15, 0.2) is 0 Å². The Morgan fingerprint density at radius 2 is 1.75 bits per heavy atom. The van der Waals surface area contributed by atoms with Crippen molar-refractivity contribution in [3.63, 3.8) is 0 Å². The van der Waals surface area contributed by atoms with Gasteiger partial charge in [0.05, 0.1) is 0 Å². The Morgan fingerprint density at radius 1 is 1.06 bits per heavy atom. The highest BCUT2D eigenvalue weighted by Crippen LogP contribution is 2.51. The van der Waals surface area contributed by atoms with Crippen LogP contribution in [0.4, 0.5) is 5.69 Å². The van der Waals surface area contributed by atoms with Crippen LogP contribution in [-0.4, -0.2) is 40.3 Å². The van der Waals surface area contributed by atoms with Crippen LogP contribution in [0.2, 0.25) is 0 Å². The normalized spacial score (nSPS) is 23.5. The number of carbonyl (C=O) groups is 3. The molecule has 1 heterocycles. The standard InChI is InChI=1S/C26H30N2O4/c1-16(2)28-26(25(31)32,15-22(29)24(30)17-9-4-3-5-10-17)23-18-11-6-7-13-20(18)27-21-14-8-12-19(21)23/h3-7,9-11,13,16,19,21,23,27-28H,8,12,14-15H2,1-2H3,(H,31,32)/t19-,21+,23?,26?/m0/s1. The van der Waals surface area contributed by atoms with Crippen molar-refractivity contribution >= 4 is 23.2 Å². The van der Waals surface area contributed by atoms with Crippen LogP contribution in [0, 0.1) is 5.92 Å². The highest BCUT2D eigenvalue weighted by Gasteiger charge is 2.56. The third kappa shape index (κ3) is 3.95. The number of hydrogen-bond donors (Lipinski definition) is 3. The van der Waals surface area contributed by atoms with E-state index < -0.39 is 35.4 Å². The van der Waals surface area contributed by atoms with Gasteiger partial charge in [-0.25, -0.2) is 0 Å². The van der Waals surface area contributed by atoms with Crippen LogP contribution < -0.4 is 10.6 Å². The molecule has 2 aromatic rings. The molecule has 168 valence electrons. The number of anilines is 1. The molecule has 1 aliphatic carbocycles. The molecule has 1 fully saturated rings. The van der Waals surface area contributed by atoms with Gasteiger partial charge in [-0.1, -0.05) is 55.0 Å². The van der Waals surface area contributed by atoms with Crippen molar-refractivity contribution in [1.29, 1.82) is 0 Å². The second-order valence-corrected chi connectivity index (χ2v) is 9.28. The molecule has 2 unspecified atom stereocenters. The lowest BCUT2D eigenvalue weighted by Crippen LogP contribution is -2.63. The van der Waals surface area contributed by atoms with E-state index in [9.17, 15) is 19.5 Å². The minimum Gasteiger partial charge on any atom is -0.480 e. The first-order chi connectivity index (χ1) is 15.3. The molecule has 0 aromatic heterocycles. The first kappa shape index (κ1) is 22.2. The van der Waals surface area contributed by atoms with Gasteiger partial charge in [0.25, 0.3) is 0 Å². The number of carboxylic acids is 1. The fourth-order valence-corrected chi connectivity index (χ4v) is 5.65. The molecule has 32 heavy (non-hydrogen) atoms. The molecule has 0 bridgehead atoms. The first-order valence-corrected chi connectivity index (χ1v) is 11.3. The molecule has 2 aliphatic rings. The van der Waals surface area contributed by atoms with Crippen molar-refractivity contribution < 1.29 is 19.5 Å². The van der Waals surface area contributed by atoms with Crippen LogP contribution in [-0.2, 0) is 9.59 Å². The van der Waals surface area contributed by atoms with Gasteiger partial charge in [-0.3, -0.25) is 19.7 Å². The summed E-state index contributed by atoms with van der Waals surface area (Å²) >= 11 is 0. The Hall–Kier alpha value is -2.99. The summed E-state index contributed by atoms with van der Waals surface area (Å²) in [7, 11) is 0. The average molecular weight is 435 g/mol. The summed E-state index contributed by atoms with van der Waals surface area (Å²) in [5.74, 6) is -2.79. The maximum Gasteiger partial charge on any atom is 0.325 e. The fraction of sp³-hybridized carbons (Fsp3) is 0.423. The quantitative estimate of drug-likeness (QED) is 0.429. The maximum atomic E-state index is 13.2. The van der Waals surface area contributed by atoms with Gasteiger partial charge in [0, 0.05) is 35.7 Å². The molecule has 4 rings (SSSR count). The van der Waals surface area contributed by atoms with Gasteiger partial charge >= 0.3 is 5.97 Å². The molecule has 6 nitrogen and oxygen atoms in total. The van der Waals surface area contributed by atoms with E-state index in [4.69, 9.17) is 0 Å². The van der Waals surface area contributed by atoms with E-state index in [0.717, 1.165) is 30.5 Å². The Bertz CT molecular complexity index is 1020. The molecule has 2 aromatic carbocycles. The monoisotopic (exact) mass is 434 g/mol. The van der Waals surface area contributed by atoms with Gasteiger partial charge < -0.3 is 10.4 Å². The van der Waals surface area contributed by atoms with E-state index in [-0.39, 0.29) is 23.6 Å². The second kappa shape index (κ2) is 8.87. The van der Waals surface area contributed by atoms with E-state index in [2.05, 4.69) is 10.6 Å². The Kier molecular flexibility index (Phi) is 6.15. The lowest BCUT2D eigenvalue weighted by Gasteiger charge is -2.47. The lowest BCUT2D eigenvalue weighted by atomic mass is 9.65. The number of carboxylic acid groups (broad SMARTS) is 1. The Morgan fingerprint density at radius 3 is 2.44 bits per heavy atom. The van der Waals surface area contributed by atoms with E-state index in [0.29, 0.717) is 0 Å². The summed E-state index contributed by atoms with van der Waals surface area (Å²) in [6.45, 7) is 3.75. The predicted octanol–water partition coefficient (Wildman–Crippen LogP) is 4.03. The lowest BCUT2D eigenvalue weighted by molar-refractivity contribution is -0.149. The fourth-order valence-electron chi connectivity index (χ4n) is 5.65. The number of fused-ring (bicyclic) bond motifs is 2. The number of nitrogens with one attached hydrogen (secondary N) is 2. The molecule has 0 saturated heterocycles. The number of para-hydroxylation sites is 1. The molecule has 1 aliphatic heterocycles. The Balaban J connectivity index is 1.80. The zero-order valence-corrected chi connectivity index (χ0v) is 18.5. The zero-order valence-electron chi connectivity index (χ0n) is 18.5. The van der Waals surface area contributed by atoms with Crippen LogP contribution in [0.1, 0.15) is 61.4 Å². The van der Waals surface area contributed by atoms with Crippen LogP contribution in [0.25, 0.3) is 0 Å². The SMILES string of the molecule is CC(C)NC(CC(=O)C(=O)c1ccccc1)(C(=O)O)C1c2ccccc2N[C@@H]2CCC[C@H]12. The summed E-state index contributed by atoms with van der Waals surface area (Å²) in [5.41, 5.74) is 0.511. The molecule has 6 heteroatoms. The van der Waals surface area contributed by atoms with Crippen molar-refractivity contribution in [2.45, 2.75) is 63.1 Å². The van der Waals surface area contributed by atoms with Crippen LogP contribution in [0.15, 0.2) is 54.6 Å². The van der Waals surface area contributed by atoms with Gasteiger partial charge in [-0.2, -0.15) is 0 Å². The van der Waals surface area contributed by atoms with Crippen LogP contribution >= 0.6 is 0 Å². The number of aliphatic carboxylic acids is 1. The predicted molar refractivity (Wildman–Crippen MR) is 123 cm³/mol. The highest BCUT2D eigenvalue weighted by atomic mass is 16.4. The van der Waals surface area contributed by atoms with E-state index >= 15 is 0 Å². The summed E-state index contributed by atoms with van der Waals surface area (Å²) in [5, 5.41) is 17.5. The highest BCUT2D eigenvalue weighted by molar-refractivity contribution is 6.44. The smallest absolute Gasteiger partial charge is 0.325 e. The summed E-state index contributed by atoms with van der Waals surface area (Å²) < 4.78 is 0. The first-order valence-electron chi connectivity index (χ1n) is 11.3. The van der Waals surface area contributed by atoms with Gasteiger partial charge in [-0.05, 0) is 44.2 Å². The topological polar surface area (TPSA) is 95.5 Å². The number of Topliss-reactive ketones (excluding diaryl/α,β-unsaturated/α-hetero) is 2. The largest absolute Gasteiger partial charge is 0.480 e. The molecular formula is C26H30N2O4. The zero-order chi connectivity index (χ0) is 22.9. The molecule has 1 saturated carbocycles. The van der Waals surface area contributed by atoms with Crippen molar-refractivity contribution in [3.8, 4) is 0 Å². The summed E-state index contributed by atoms with van der Waals surface area (Å²) in [6.07, 6.45) is 2.45.